The van der Waals surface area contributed by atoms with E-state index in [-0.39, 0.29) is 11.8 Å². The first-order chi connectivity index (χ1) is 12.1. The number of hydrogen-bond acceptors (Lipinski definition) is 4. The number of nitrogens with zero attached hydrogens (tertiary/aromatic N) is 4. The molecule has 6 nitrogen and oxygen atoms in total. The van der Waals surface area contributed by atoms with Crippen LogP contribution in [0, 0.1) is 5.92 Å². The first-order valence-electron chi connectivity index (χ1n) is 9.00. The Morgan fingerprint density at radius 1 is 1.32 bits per heavy atom. The molecule has 0 N–H and O–H groups in total. The fraction of sp³-hybridized carbons (Fsp3) is 0.526. The standard InChI is InChI=1S/C19H26N4O2/c1-4-14(5-2)19(24)23-11-9-17-15(12-23)16(21-22(17)3)13-25-18-8-6-7-10-20-18/h6-8,10,14H,4-5,9,11-13H2,1-3H3. The number of ether oxygens (including phenoxy) is 1. The molecular formula is C19H26N4O2. The van der Waals surface area contributed by atoms with Gasteiger partial charge in [-0.25, -0.2) is 4.98 Å². The second kappa shape index (κ2) is 7.68. The number of rotatable bonds is 6. The van der Waals surface area contributed by atoms with Gasteiger partial charge in [-0.1, -0.05) is 19.9 Å². The maximum absolute atomic E-state index is 12.7. The maximum atomic E-state index is 12.7. The van der Waals surface area contributed by atoms with E-state index in [1.165, 1.54) is 5.69 Å². The van der Waals surface area contributed by atoms with Crippen LogP contribution in [0.15, 0.2) is 24.4 Å². The molecule has 0 atom stereocenters. The van der Waals surface area contributed by atoms with Crippen molar-refractivity contribution in [3.63, 3.8) is 0 Å². The topological polar surface area (TPSA) is 60.3 Å². The minimum atomic E-state index is 0.117. The molecule has 2 aromatic heterocycles. The molecule has 0 bridgehead atoms. The zero-order valence-electron chi connectivity index (χ0n) is 15.2. The Morgan fingerprint density at radius 2 is 2.12 bits per heavy atom. The second-order valence-corrected chi connectivity index (χ2v) is 6.48. The fourth-order valence-electron chi connectivity index (χ4n) is 3.44. The monoisotopic (exact) mass is 342 g/mol. The van der Waals surface area contributed by atoms with E-state index in [2.05, 4.69) is 23.9 Å². The molecule has 1 aliphatic rings. The molecule has 0 unspecified atom stereocenters. The van der Waals surface area contributed by atoms with Gasteiger partial charge in [-0.05, 0) is 18.9 Å². The van der Waals surface area contributed by atoms with Gasteiger partial charge in [-0.15, -0.1) is 0 Å². The Morgan fingerprint density at radius 3 is 2.80 bits per heavy atom. The summed E-state index contributed by atoms with van der Waals surface area (Å²) in [6, 6.07) is 5.58. The Balaban J connectivity index is 1.75. The summed E-state index contributed by atoms with van der Waals surface area (Å²) >= 11 is 0. The number of carbonyl (C=O) groups is 1. The van der Waals surface area contributed by atoms with Crippen LogP contribution in [0.5, 0.6) is 5.88 Å². The lowest BCUT2D eigenvalue weighted by Gasteiger charge is -2.30. The lowest BCUT2D eigenvalue weighted by atomic mass is 9.98. The smallest absolute Gasteiger partial charge is 0.225 e. The van der Waals surface area contributed by atoms with Crippen molar-refractivity contribution in [1.82, 2.24) is 19.7 Å². The normalized spacial score (nSPS) is 13.8. The van der Waals surface area contributed by atoms with Crippen LogP contribution in [0.3, 0.4) is 0 Å². The summed E-state index contributed by atoms with van der Waals surface area (Å²) in [5, 5.41) is 4.61. The van der Waals surface area contributed by atoms with E-state index in [4.69, 9.17) is 4.74 Å². The van der Waals surface area contributed by atoms with Gasteiger partial charge in [0.2, 0.25) is 11.8 Å². The summed E-state index contributed by atoms with van der Waals surface area (Å²) in [7, 11) is 1.96. The second-order valence-electron chi connectivity index (χ2n) is 6.48. The average Bonchev–Trinajstić information content (AvgIpc) is 2.97. The third-order valence-electron chi connectivity index (χ3n) is 4.97. The van der Waals surface area contributed by atoms with Crippen molar-refractivity contribution < 1.29 is 9.53 Å². The van der Waals surface area contributed by atoms with E-state index in [9.17, 15) is 4.79 Å². The summed E-state index contributed by atoms with van der Waals surface area (Å²) in [6.07, 6.45) is 4.33. The van der Waals surface area contributed by atoms with E-state index in [1.807, 2.05) is 34.8 Å². The van der Waals surface area contributed by atoms with Gasteiger partial charge in [-0.2, -0.15) is 5.10 Å². The summed E-state index contributed by atoms with van der Waals surface area (Å²) < 4.78 is 7.69. The van der Waals surface area contributed by atoms with E-state index >= 15 is 0 Å². The van der Waals surface area contributed by atoms with Crippen LogP contribution in [-0.4, -0.2) is 32.1 Å². The van der Waals surface area contributed by atoms with E-state index < -0.39 is 0 Å². The number of aromatic nitrogens is 3. The number of pyridine rings is 1. The first kappa shape index (κ1) is 17.5. The molecule has 0 aliphatic carbocycles. The summed E-state index contributed by atoms with van der Waals surface area (Å²) in [4.78, 5) is 18.9. The summed E-state index contributed by atoms with van der Waals surface area (Å²) in [5.74, 6) is 0.963. The Bertz CT molecular complexity index is 723. The van der Waals surface area contributed by atoms with Gasteiger partial charge in [-0.3, -0.25) is 9.48 Å². The number of carbonyl (C=O) groups excluding carboxylic acids is 1. The Hall–Kier alpha value is -2.37. The molecule has 0 saturated heterocycles. The van der Waals surface area contributed by atoms with Crippen LogP contribution < -0.4 is 4.74 Å². The van der Waals surface area contributed by atoms with Crippen LogP contribution >= 0.6 is 0 Å². The van der Waals surface area contributed by atoms with Crippen molar-refractivity contribution in [2.45, 2.75) is 46.3 Å². The van der Waals surface area contributed by atoms with Crippen molar-refractivity contribution in [2.24, 2.45) is 13.0 Å². The molecule has 3 rings (SSSR count). The predicted molar refractivity (Wildman–Crippen MR) is 95.0 cm³/mol. The SMILES string of the molecule is CCC(CC)C(=O)N1CCc2c(c(COc3ccccn3)nn2C)C1. The van der Waals surface area contributed by atoms with E-state index in [0.29, 0.717) is 19.0 Å². The number of amides is 1. The van der Waals surface area contributed by atoms with Crippen LogP contribution in [-0.2, 0) is 31.4 Å². The lowest BCUT2D eigenvalue weighted by Crippen LogP contribution is -2.40. The molecule has 3 heterocycles. The zero-order valence-corrected chi connectivity index (χ0v) is 15.2. The highest BCUT2D eigenvalue weighted by Gasteiger charge is 2.29. The Labute approximate surface area is 148 Å². The lowest BCUT2D eigenvalue weighted by molar-refractivity contribution is -0.136. The third-order valence-corrected chi connectivity index (χ3v) is 4.97. The van der Waals surface area contributed by atoms with Crippen molar-refractivity contribution in [1.29, 1.82) is 0 Å². The van der Waals surface area contributed by atoms with Gasteiger partial charge < -0.3 is 9.64 Å². The molecule has 1 aliphatic heterocycles. The van der Waals surface area contributed by atoms with Crippen molar-refractivity contribution in [2.75, 3.05) is 6.54 Å². The van der Waals surface area contributed by atoms with Gasteiger partial charge in [0, 0.05) is 56.0 Å². The first-order valence-corrected chi connectivity index (χ1v) is 9.00. The molecule has 134 valence electrons. The maximum Gasteiger partial charge on any atom is 0.225 e. The van der Waals surface area contributed by atoms with Crippen molar-refractivity contribution >= 4 is 5.91 Å². The minimum absolute atomic E-state index is 0.117. The molecular weight excluding hydrogens is 316 g/mol. The zero-order chi connectivity index (χ0) is 17.8. The number of fused-ring (bicyclic) bond motifs is 1. The van der Waals surface area contributed by atoms with Crippen LogP contribution in [0.4, 0.5) is 0 Å². The van der Waals surface area contributed by atoms with Gasteiger partial charge >= 0.3 is 0 Å². The van der Waals surface area contributed by atoms with Gasteiger partial charge in [0.1, 0.15) is 12.3 Å². The number of hydrogen-bond donors (Lipinski definition) is 0. The molecule has 0 fully saturated rings. The molecule has 2 aromatic rings. The molecule has 0 saturated carbocycles. The molecule has 0 aromatic carbocycles. The highest BCUT2D eigenvalue weighted by Crippen LogP contribution is 2.25. The van der Waals surface area contributed by atoms with Crippen molar-refractivity contribution in [3.8, 4) is 5.88 Å². The highest BCUT2D eigenvalue weighted by molar-refractivity contribution is 5.79. The number of aryl methyl sites for hydroxylation is 1. The van der Waals surface area contributed by atoms with Crippen molar-refractivity contribution in [3.05, 3.63) is 41.3 Å². The molecule has 6 heteroatoms. The van der Waals surface area contributed by atoms with Gasteiger partial charge in [0.05, 0.1) is 0 Å². The Kier molecular flexibility index (Phi) is 5.36. The van der Waals surface area contributed by atoms with Crippen LogP contribution in [0.1, 0.15) is 43.6 Å². The van der Waals surface area contributed by atoms with E-state index in [1.54, 1.807) is 6.20 Å². The van der Waals surface area contributed by atoms with Crippen LogP contribution in [0.2, 0.25) is 0 Å². The summed E-state index contributed by atoms with van der Waals surface area (Å²) in [6.45, 7) is 5.92. The highest BCUT2D eigenvalue weighted by atomic mass is 16.5. The average molecular weight is 342 g/mol. The molecule has 1 amide bonds. The fourth-order valence-corrected chi connectivity index (χ4v) is 3.44. The minimum Gasteiger partial charge on any atom is -0.471 e. The third kappa shape index (κ3) is 3.67. The molecule has 25 heavy (non-hydrogen) atoms. The predicted octanol–water partition coefficient (Wildman–Crippen LogP) is 2.72. The quantitative estimate of drug-likeness (QED) is 0.810. The largest absolute Gasteiger partial charge is 0.471 e. The van der Waals surface area contributed by atoms with Gasteiger partial charge in [0.15, 0.2) is 0 Å². The van der Waals surface area contributed by atoms with Crippen LogP contribution in [0.25, 0.3) is 0 Å². The molecule has 0 radical (unpaired) electrons. The van der Waals surface area contributed by atoms with E-state index in [0.717, 1.165) is 37.1 Å². The molecule has 0 spiro atoms. The van der Waals surface area contributed by atoms with Gasteiger partial charge in [0.25, 0.3) is 0 Å². The summed E-state index contributed by atoms with van der Waals surface area (Å²) in [5.41, 5.74) is 3.22.